The van der Waals surface area contributed by atoms with Crippen molar-refractivity contribution in [3.63, 3.8) is 0 Å². The van der Waals surface area contributed by atoms with E-state index in [1.165, 1.54) is 11.1 Å². The molecular weight excluding hydrogens is 334 g/mol. The molecule has 1 unspecified atom stereocenters. The highest BCUT2D eigenvalue weighted by atomic mass is 35.5. The molecule has 1 aromatic rings. The van der Waals surface area contributed by atoms with Crippen molar-refractivity contribution in [3.05, 3.63) is 35.4 Å². The Labute approximate surface area is 158 Å². The van der Waals surface area contributed by atoms with Crippen molar-refractivity contribution >= 4 is 18.3 Å². The van der Waals surface area contributed by atoms with Crippen molar-refractivity contribution in [3.8, 4) is 0 Å². The summed E-state index contributed by atoms with van der Waals surface area (Å²) in [5, 5.41) is 0. The molecule has 1 saturated carbocycles. The van der Waals surface area contributed by atoms with Crippen molar-refractivity contribution in [2.24, 2.45) is 11.1 Å². The monoisotopic (exact) mass is 365 g/mol. The second kappa shape index (κ2) is 8.07. The van der Waals surface area contributed by atoms with Crippen LogP contribution in [0.3, 0.4) is 0 Å². The Morgan fingerprint density at radius 3 is 2.44 bits per heavy atom. The van der Waals surface area contributed by atoms with Crippen LogP contribution in [0.1, 0.15) is 44.2 Å². The molecule has 2 N–H and O–H groups in total. The van der Waals surface area contributed by atoms with Crippen LogP contribution in [0.15, 0.2) is 24.3 Å². The van der Waals surface area contributed by atoms with Crippen LogP contribution in [0.25, 0.3) is 0 Å². The zero-order valence-corrected chi connectivity index (χ0v) is 16.5. The summed E-state index contributed by atoms with van der Waals surface area (Å²) in [6, 6.07) is 9.20. The van der Waals surface area contributed by atoms with E-state index in [1.54, 1.807) is 0 Å². The fourth-order valence-electron chi connectivity index (χ4n) is 3.60. The molecule has 2 fully saturated rings. The first-order chi connectivity index (χ1) is 11.3. The van der Waals surface area contributed by atoms with Gasteiger partial charge in [-0.3, -0.25) is 9.69 Å². The molecule has 0 spiro atoms. The Bertz CT molecular complexity index is 583. The first kappa shape index (κ1) is 20.2. The van der Waals surface area contributed by atoms with Gasteiger partial charge >= 0.3 is 0 Å². The average molecular weight is 366 g/mol. The van der Waals surface area contributed by atoms with E-state index in [1.807, 2.05) is 0 Å². The van der Waals surface area contributed by atoms with Gasteiger partial charge in [-0.1, -0.05) is 43.7 Å². The van der Waals surface area contributed by atoms with E-state index in [-0.39, 0.29) is 29.8 Å². The number of piperidine rings is 1. The number of nitrogens with zero attached hydrogens (tertiary/aromatic N) is 2. The number of amides is 1. The zero-order valence-electron chi connectivity index (χ0n) is 15.7. The average Bonchev–Trinajstić information content (AvgIpc) is 3.34. The van der Waals surface area contributed by atoms with Gasteiger partial charge in [0, 0.05) is 31.7 Å². The predicted molar refractivity (Wildman–Crippen MR) is 105 cm³/mol. The minimum absolute atomic E-state index is 0. The maximum atomic E-state index is 12.9. The molecule has 1 saturated heterocycles. The molecular formula is C20H32ClN3O. The number of hydrogen-bond acceptors (Lipinski definition) is 3. The normalized spacial score (nSPS) is 23.0. The van der Waals surface area contributed by atoms with Gasteiger partial charge in [0.1, 0.15) is 0 Å². The van der Waals surface area contributed by atoms with E-state index in [0.29, 0.717) is 12.6 Å². The smallest absolute Gasteiger partial charge is 0.237 e. The summed E-state index contributed by atoms with van der Waals surface area (Å²) in [6.45, 7) is 9.61. The standard InChI is InChI=1S/C20H31N3O.ClH/c1-15-4-6-16(7-5-15)12-23(17-8-9-17)19(24)13-22-11-10-18(21)20(2,3)14-22;/h4-7,17-18H,8-14,21H2,1-3H3;1H. The molecule has 1 atom stereocenters. The van der Waals surface area contributed by atoms with E-state index >= 15 is 0 Å². The third kappa shape index (κ3) is 5.19. The Hall–Kier alpha value is -1.10. The zero-order chi connectivity index (χ0) is 17.3. The second-order valence-corrected chi connectivity index (χ2v) is 8.33. The van der Waals surface area contributed by atoms with E-state index < -0.39 is 0 Å². The van der Waals surface area contributed by atoms with Crippen molar-refractivity contribution in [2.75, 3.05) is 19.6 Å². The van der Waals surface area contributed by atoms with Crippen LogP contribution in [-0.2, 0) is 11.3 Å². The van der Waals surface area contributed by atoms with E-state index in [2.05, 4.69) is 54.8 Å². The highest BCUT2D eigenvalue weighted by Gasteiger charge is 2.37. The third-order valence-electron chi connectivity index (χ3n) is 5.53. The first-order valence-corrected chi connectivity index (χ1v) is 9.18. The molecule has 2 aliphatic rings. The van der Waals surface area contributed by atoms with Crippen LogP contribution < -0.4 is 5.73 Å². The van der Waals surface area contributed by atoms with Crippen molar-refractivity contribution in [1.29, 1.82) is 0 Å². The Morgan fingerprint density at radius 2 is 1.88 bits per heavy atom. The molecule has 1 amide bonds. The van der Waals surface area contributed by atoms with Crippen molar-refractivity contribution in [2.45, 2.75) is 58.7 Å². The van der Waals surface area contributed by atoms with Crippen LogP contribution in [0, 0.1) is 12.3 Å². The van der Waals surface area contributed by atoms with E-state index in [0.717, 1.165) is 38.9 Å². The first-order valence-electron chi connectivity index (χ1n) is 9.18. The Morgan fingerprint density at radius 1 is 1.24 bits per heavy atom. The number of halogens is 1. The maximum absolute atomic E-state index is 12.9. The number of benzene rings is 1. The summed E-state index contributed by atoms with van der Waals surface area (Å²) in [5.41, 5.74) is 8.78. The SMILES string of the molecule is Cc1ccc(CN(C(=O)CN2CCC(N)C(C)(C)C2)C2CC2)cc1.Cl. The Kier molecular flexibility index (Phi) is 6.52. The fraction of sp³-hybridized carbons (Fsp3) is 0.650. The minimum Gasteiger partial charge on any atom is -0.334 e. The van der Waals surface area contributed by atoms with Gasteiger partial charge in [-0.05, 0) is 37.2 Å². The van der Waals surface area contributed by atoms with Crippen molar-refractivity contribution in [1.82, 2.24) is 9.80 Å². The largest absolute Gasteiger partial charge is 0.334 e. The number of carbonyl (C=O) groups is 1. The molecule has 1 aliphatic carbocycles. The summed E-state index contributed by atoms with van der Waals surface area (Å²) < 4.78 is 0. The molecule has 1 aliphatic heterocycles. The van der Waals surface area contributed by atoms with Crippen LogP contribution in [0.4, 0.5) is 0 Å². The molecule has 1 aromatic carbocycles. The van der Waals surface area contributed by atoms with Gasteiger partial charge in [-0.25, -0.2) is 0 Å². The summed E-state index contributed by atoms with van der Waals surface area (Å²) in [5.74, 6) is 0.268. The molecule has 0 radical (unpaired) electrons. The highest BCUT2D eigenvalue weighted by molar-refractivity contribution is 5.85. The molecule has 0 bridgehead atoms. The van der Waals surface area contributed by atoms with Crippen LogP contribution >= 0.6 is 12.4 Å². The fourth-order valence-corrected chi connectivity index (χ4v) is 3.60. The number of rotatable bonds is 5. The van der Waals surface area contributed by atoms with E-state index in [4.69, 9.17) is 5.73 Å². The molecule has 1 heterocycles. The number of aryl methyl sites for hydroxylation is 1. The summed E-state index contributed by atoms with van der Waals surface area (Å²) in [6.07, 6.45) is 3.27. The number of likely N-dealkylation sites (tertiary alicyclic amines) is 1. The van der Waals surface area contributed by atoms with Gasteiger partial charge in [0.25, 0.3) is 0 Å². The van der Waals surface area contributed by atoms with Gasteiger partial charge in [-0.15, -0.1) is 12.4 Å². The summed E-state index contributed by atoms with van der Waals surface area (Å²) in [7, 11) is 0. The number of carbonyl (C=O) groups excluding carboxylic acids is 1. The quantitative estimate of drug-likeness (QED) is 0.872. The molecule has 0 aromatic heterocycles. The molecule has 3 rings (SSSR count). The Balaban J connectivity index is 0.00000225. The highest BCUT2D eigenvalue weighted by Crippen LogP contribution is 2.30. The molecule has 140 valence electrons. The molecule has 25 heavy (non-hydrogen) atoms. The van der Waals surface area contributed by atoms with Gasteiger partial charge in [0.05, 0.1) is 6.54 Å². The second-order valence-electron chi connectivity index (χ2n) is 8.33. The maximum Gasteiger partial charge on any atom is 0.237 e. The van der Waals surface area contributed by atoms with Gasteiger partial charge in [-0.2, -0.15) is 0 Å². The number of hydrogen-bond donors (Lipinski definition) is 1. The van der Waals surface area contributed by atoms with Gasteiger partial charge < -0.3 is 10.6 Å². The van der Waals surface area contributed by atoms with Crippen molar-refractivity contribution < 1.29 is 4.79 Å². The number of nitrogens with two attached hydrogens (primary N) is 1. The topological polar surface area (TPSA) is 49.6 Å². The van der Waals surface area contributed by atoms with E-state index in [9.17, 15) is 4.79 Å². The molecule has 4 nitrogen and oxygen atoms in total. The lowest BCUT2D eigenvalue weighted by Gasteiger charge is -2.42. The third-order valence-corrected chi connectivity index (χ3v) is 5.53. The van der Waals surface area contributed by atoms with Crippen LogP contribution in [0.5, 0.6) is 0 Å². The summed E-state index contributed by atoms with van der Waals surface area (Å²) >= 11 is 0. The van der Waals surface area contributed by atoms with Gasteiger partial charge in [0.2, 0.25) is 5.91 Å². The lowest BCUT2D eigenvalue weighted by atomic mass is 9.80. The molecule has 5 heteroatoms. The predicted octanol–water partition coefficient (Wildman–Crippen LogP) is 2.97. The van der Waals surface area contributed by atoms with Gasteiger partial charge in [0.15, 0.2) is 0 Å². The van der Waals surface area contributed by atoms with Crippen LogP contribution in [0.2, 0.25) is 0 Å². The van der Waals surface area contributed by atoms with Crippen LogP contribution in [-0.4, -0.2) is 47.4 Å². The summed E-state index contributed by atoms with van der Waals surface area (Å²) in [4.78, 5) is 17.3. The lowest BCUT2D eigenvalue weighted by Crippen LogP contribution is -2.54. The minimum atomic E-state index is 0. The lowest BCUT2D eigenvalue weighted by molar-refractivity contribution is -0.134.